The van der Waals surface area contributed by atoms with E-state index in [9.17, 15) is 0 Å². The topological polar surface area (TPSA) is 23.8 Å². The van der Waals surface area contributed by atoms with Gasteiger partial charge in [0.15, 0.2) is 0 Å². The number of hydrogen-bond acceptors (Lipinski definition) is 1. The molecule has 0 aliphatic rings. The van der Waals surface area contributed by atoms with Crippen molar-refractivity contribution in [3.05, 3.63) is 35.4 Å². The molecular formula is C15H21N. The van der Waals surface area contributed by atoms with Crippen LogP contribution in [0.4, 0.5) is 0 Å². The van der Waals surface area contributed by atoms with Crippen molar-refractivity contribution in [2.45, 2.75) is 46.0 Å². The Kier molecular flexibility index (Phi) is 5.64. The Bertz CT molecular complexity index is 331. The molecular weight excluding hydrogens is 194 g/mol. The van der Waals surface area contributed by atoms with Gasteiger partial charge in [-0.2, -0.15) is 5.26 Å². The van der Waals surface area contributed by atoms with Crippen molar-refractivity contribution in [2.24, 2.45) is 5.92 Å². The molecule has 0 aromatic heterocycles. The Hall–Kier alpha value is -1.29. The summed E-state index contributed by atoms with van der Waals surface area (Å²) in [6, 6.07) is 11.1. The summed E-state index contributed by atoms with van der Waals surface area (Å²) in [7, 11) is 0. The highest BCUT2D eigenvalue weighted by molar-refractivity contribution is 5.22. The fourth-order valence-corrected chi connectivity index (χ4v) is 1.83. The zero-order chi connectivity index (χ0) is 11.8. The second kappa shape index (κ2) is 7.06. The molecule has 0 bridgehead atoms. The Morgan fingerprint density at radius 3 is 2.19 bits per heavy atom. The Balaban J connectivity index is 2.40. The normalized spacial score (nSPS) is 12.1. The van der Waals surface area contributed by atoms with Crippen LogP contribution in [-0.2, 0) is 12.8 Å². The largest absolute Gasteiger partial charge is 0.198 e. The van der Waals surface area contributed by atoms with E-state index < -0.39 is 0 Å². The van der Waals surface area contributed by atoms with Crippen molar-refractivity contribution in [3.8, 4) is 6.07 Å². The van der Waals surface area contributed by atoms with Gasteiger partial charge in [-0.3, -0.25) is 0 Å². The molecule has 86 valence electrons. The molecule has 0 aliphatic heterocycles. The molecule has 1 aromatic carbocycles. The van der Waals surface area contributed by atoms with Gasteiger partial charge in [-0.15, -0.1) is 0 Å². The van der Waals surface area contributed by atoms with Crippen LogP contribution in [0.5, 0.6) is 0 Å². The fourth-order valence-electron chi connectivity index (χ4n) is 1.83. The van der Waals surface area contributed by atoms with Gasteiger partial charge in [-0.05, 0) is 36.3 Å². The minimum Gasteiger partial charge on any atom is -0.198 e. The van der Waals surface area contributed by atoms with E-state index in [1.165, 1.54) is 24.0 Å². The molecule has 0 saturated heterocycles. The molecule has 0 N–H and O–H groups in total. The SMILES string of the molecule is CCCc1ccc(CCC(C)CC#N)cc1. The molecule has 1 heteroatoms. The fraction of sp³-hybridized carbons (Fsp3) is 0.533. The minimum absolute atomic E-state index is 0.514. The molecule has 1 rings (SSSR count). The molecule has 1 nitrogen and oxygen atoms in total. The lowest BCUT2D eigenvalue weighted by Crippen LogP contribution is -1.96. The highest BCUT2D eigenvalue weighted by Gasteiger charge is 2.02. The highest BCUT2D eigenvalue weighted by atomic mass is 14.2. The lowest BCUT2D eigenvalue weighted by atomic mass is 9.98. The first-order chi connectivity index (χ1) is 7.76. The number of hydrogen-bond donors (Lipinski definition) is 0. The second-order valence-corrected chi connectivity index (χ2v) is 4.57. The summed E-state index contributed by atoms with van der Waals surface area (Å²) in [5.41, 5.74) is 2.82. The van der Waals surface area contributed by atoms with Crippen molar-refractivity contribution < 1.29 is 0 Å². The highest BCUT2D eigenvalue weighted by Crippen LogP contribution is 2.13. The van der Waals surface area contributed by atoms with Crippen LogP contribution >= 0.6 is 0 Å². The molecule has 0 heterocycles. The standard InChI is InChI=1S/C15H21N/c1-3-4-14-7-9-15(10-8-14)6-5-13(2)11-12-16/h7-10,13H,3-6,11H2,1-2H3. The molecule has 0 saturated carbocycles. The monoisotopic (exact) mass is 215 g/mol. The minimum atomic E-state index is 0.514. The Morgan fingerprint density at radius 2 is 1.69 bits per heavy atom. The van der Waals surface area contributed by atoms with Gasteiger partial charge in [0, 0.05) is 6.42 Å². The van der Waals surface area contributed by atoms with Gasteiger partial charge in [0.05, 0.1) is 6.07 Å². The maximum absolute atomic E-state index is 8.58. The summed E-state index contributed by atoms with van der Waals surface area (Å²) in [5.74, 6) is 0.514. The van der Waals surface area contributed by atoms with E-state index in [0.717, 1.165) is 12.8 Å². The molecule has 0 radical (unpaired) electrons. The summed E-state index contributed by atoms with van der Waals surface area (Å²) in [5, 5.41) is 8.58. The average Bonchev–Trinajstić information content (AvgIpc) is 2.29. The van der Waals surface area contributed by atoms with Gasteiger partial charge >= 0.3 is 0 Å². The van der Waals surface area contributed by atoms with E-state index in [-0.39, 0.29) is 0 Å². The number of nitrogens with zero attached hydrogens (tertiary/aromatic N) is 1. The molecule has 0 spiro atoms. The summed E-state index contributed by atoms with van der Waals surface area (Å²) in [6.45, 7) is 4.35. The third-order valence-corrected chi connectivity index (χ3v) is 2.93. The molecule has 0 amide bonds. The quantitative estimate of drug-likeness (QED) is 0.700. The van der Waals surface area contributed by atoms with Gasteiger partial charge in [0.2, 0.25) is 0 Å². The van der Waals surface area contributed by atoms with Crippen LogP contribution in [0.15, 0.2) is 24.3 Å². The summed E-state index contributed by atoms with van der Waals surface area (Å²) < 4.78 is 0. The predicted octanol–water partition coefficient (Wildman–Crippen LogP) is 4.12. The third kappa shape index (κ3) is 4.49. The average molecular weight is 215 g/mol. The van der Waals surface area contributed by atoms with Crippen molar-refractivity contribution in [2.75, 3.05) is 0 Å². The first-order valence-corrected chi connectivity index (χ1v) is 6.21. The van der Waals surface area contributed by atoms with Crippen molar-refractivity contribution >= 4 is 0 Å². The van der Waals surface area contributed by atoms with Crippen LogP contribution in [0.25, 0.3) is 0 Å². The molecule has 1 unspecified atom stereocenters. The second-order valence-electron chi connectivity index (χ2n) is 4.57. The van der Waals surface area contributed by atoms with Crippen LogP contribution in [0.1, 0.15) is 44.2 Å². The maximum Gasteiger partial charge on any atom is 0.0624 e. The van der Waals surface area contributed by atoms with Crippen molar-refractivity contribution in [3.63, 3.8) is 0 Å². The first-order valence-electron chi connectivity index (χ1n) is 6.21. The van der Waals surface area contributed by atoms with E-state index in [4.69, 9.17) is 5.26 Å². The lowest BCUT2D eigenvalue weighted by molar-refractivity contribution is 0.545. The van der Waals surface area contributed by atoms with Crippen molar-refractivity contribution in [1.82, 2.24) is 0 Å². The Labute approximate surface area is 99.1 Å². The lowest BCUT2D eigenvalue weighted by Gasteiger charge is -2.07. The van der Waals surface area contributed by atoms with E-state index in [1.54, 1.807) is 0 Å². The number of aryl methyl sites for hydroxylation is 2. The summed E-state index contributed by atoms with van der Waals surface area (Å²) in [6.07, 6.45) is 5.26. The molecule has 0 aliphatic carbocycles. The summed E-state index contributed by atoms with van der Waals surface area (Å²) in [4.78, 5) is 0. The number of rotatable bonds is 6. The van der Waals surface area contributed by atoms with E-state index >= 15 is 0 Å². The number of benzene rings is 1. The molecule has 1 atom stereocenters. The van der Waals surface area contributed by atoms with Gasteiger partial charge in [-0.25, -0.2) is 0 Å². The third-order valence-electron chi connectivity index (χ3n) is 2.93. The van der Waals surface area contributed by atoms with Gasteiger partial charge in [0.25, 0.3) is 0 Å². The van der Waals surface area contributed by atoms with Crippen LogP contribution in [-0.4, -0.2) is 0 Å². The maximum atomic E-state index is 8.58. The van der Waals surface area contributed by atoms with Crippen LogP contribution in [0.2, 0.25) is 0 Å². The van der Waals surface area contributed by atoms with E-state index in [1.807, 2.05) is 0 Å². The van der Waals surface area contributed by atoms with Gasteiger partial charge < -0.3 is 0 Å². The smallest absolute Gasteiger partial charge is 0.0624 e. The van der Waals surface area contributed by atoms with Crippen LogP contribution in [0, 0.1) is 17.2 Å². The van der Waals surface area contributed by atoms with Crippen molar-refractivity contribution in [1.29, 1.82) is 5.26 Å². The van der Waals surface area contributed by atoms with Crippen LogP contribution in [0.3, 0.4) is 0 Å². The molecule has 1 aromatic rings. The van der Waals surface area contributed by atoms with Gasteiger partial charge in [-0.1, -0.05) is 44.5 Å². The predicted molar refractivity (Wildman–Crippen MR) is 68.2 cm³/mol. The van der Waals surface area contributed by atoms with Crippen LogP contribution < -0.4 is 0 Å². The van der Waals surface area contributed by atoms with E-state index in [2.05, 4.69) is 44.2 Å². The zero-order valence-electron chi connectivity index (χ0n) is 10.4. The molecule has 16 heavy (non-hydrogen) atoms. The Morgan fingerprint density at radius 1 is 1.12 bits per heavy atom. The zero-order valence-corrected chi connectivity index (χ0v) is 10.4. The first kappa shape index (κ1) is 12.8. The number of nitriles is 1. The summed E-state index contributed by atoms with van der Waals surface area (Å²) >= 11 is 0. The van der Waals surface area contributed by atoms with E-state index in [0.29, 0.717) is 12.3 Å². The molecule has 0 fully saturated rings. The van der Waals surface area contributed by atoms with Gasteiger partial charge in [0.1, 0.15) is 0 Å².